The molecule has 1 aliphatic rings. The molecule has 1 fully saturated rings. The monoisotopic (exact) mass is 190 g/mol. The molecule has 0 saturated heterocycles. The van der Waals surface area contributed by atoms with Gasteiger partial charge in [-0.2, -0.15) is 0 Å². The first-order chi connectivity index (χ1) is 5.42. The first-order valence-corrected chi connectivity index (χ1v) is 5.17. The average molecular weight is 191 g/mol. The summed E-state index contributed by atoms with van der Waals surface area (Å²) < 4.78 is 0. The van der Waals surface area contributed by atoms with Crippen molar-refractivity contribution in [1.29, 1.82) is 0 Å². The predicted molar refractivity (Wildman–Crippen MR) is 52.4 cm³/mol. The molecule has 0 amide bonds. The molecule has 72 valence electrons. The van der Waals surface area contributed by atoms with E-state index in [4.69, 9.17) is 11.6 Å². The largest absolute Gasteiger partial charge is 0.393 e. The van der Waals surface area contributed by atoms with Crippen molar-refractivity contribution in [3.8, 4) is 0 Å². The Kier molecular flexibility index (Phi) is 3.06. The Morgan fingerprint density at radius 2 is 2.08 bits per heavy atom. The summed E-state index contributed by atoms with van der Waals surface area (Å²) in [6.07, 6.45) is 2.66. The Morgan fingerprint density at radius 1 is 1.50 bits per heavy atom. The second-order valence-electron chi connectivity index (χ2n) is 4.63. The highest BCUT2D eigenvalue weighted by Gasteiger charge is 2.36. The lowest BCUT2D eigenvalue weighted by Crippen LogP contribution is -2.38. The van der Waals surface area contributed by atoms with E-state index < -0.39 is 0 Å². The molecule has 0 radical (unpaired) electrons. The Balaban J connectivity index is 2.54. The summed E-state index contributed by atoms with van der Waals surface area (Å²) in [5.74, 6) is 1.03. The highest BCUT2D eigenvalue weighted by atomic mass is 35.5. The number of alkyl halides is 1. The van der Waals surface area contributed by atoms with E-state index in [9.17, 15) is 5.11 Å². The van der Waals surface area contributed by atoms with Crippen molar-refractivity contribution < 1.29 is 5.11 Å². The minimum Gasteiger partial charge on any atom is -0.393 e. The van der Waals surface area contributed by atoms with Gasteiger partial charge in [-0.15, -0.1) is 11.6 Å². The van der Waals surface area contributed by atoms with E-state index in [1.807, 2.05) is 6.92 Å². The summed E-state index contributed by atoms with van der Waals surface area (Å²) in [6, 6.07) is 0. The minimum atomic E-state index is -0.193. The number of rotatable bonds is 1. The Morgan fingerprint density at radius 3 is 2.50 bits per heavy atom. The van der Waals surface area contributed by atoms with Crippen LogP contribution < -0.4 is 0 Å². The van der Waals surface area contributed by atoms with Gasteiger partial charge in [0.15, 0.2) is 0 Å². The maximum Gasteiger partial charge on any atom is 0.0587 e. The zero-order valence-electron chi connectivity index (χ0n) is 8.18. The van der Waals surface area contributed by atoms with Crippen LogP contribution in [0.3, 0.4) is 0 Å². The van der Waals surface area contributed by atoms with Crippen LogP contribution in [0.25, 0.3) is 0 Å². The number of aliphatic hydroxyl groups excluding tert-OH is 1. The van der Waals surface area contributed by atoms with Crippen LogP contribution in [0.15, 0.2) is 0 Å². The van der Waals surface area contributed by atoms with E-state index in [1.54, 1.807) is 0 Å². The zero-order chi connectivity index (χ0) is 9.35. The van der Waals surface area contributed by atoms with Crippen molar-refractivity contribution in [1.82, 2.24) is 0 Å². The van der Waals surface area contributed by atoms with Crippen LogP contribution in [0.5, 0.6) is 0 Å². The summed E-state index contributed by atoms with van der Waals surface area (Å²) in [5.41, 5.74) is 0. The van der Waals surface area contributed by atoms with E-state index in [2.05, 4.69) is 13.8 Å². The molecule has 0 heterocycles. The molecule has 1 nitrogen and oxygen atoms in total. The van der Waals surface area contributed by atoms with Crippen LogP contribution in [0.4, 0.5) is 0 Å². The lowest BCUT2D eigenvalue weighted by Gasteiger charge is -2.38. The summed E-state index contributed by atoms with van der Waals surface area (Å²) in [7, 11) is 0. The van der Waals surface area contributed by atoms with Gasteiger partial charge in [0.25, 0.3) is 0 Å². The fraction of sp³-hybridized carbons (Fsp3) is 1.00. The topological polar surface area (TPSA) is 20.2 Å². The molecule has 0 aromatic rings. The molecule has 1 N–H and O–H groups in total. The molecule has 3 atom stereocenters. The lowest BCUT2D eigenvalue weighted by molar-refractivity contribution is 0.0329. The summed E-state index contributed by atoms with van der Waals surface area (Å²) in [6.45, 7) is 6.36. The molecule has 0 bridgehead atoms. The molecule has 2 heteroatoms. The fourth-order valence-corrected chi connectivity index (χ4v) is 2.39. The van der Waals surface area contributed by atoms with Crippen molar-refractivity contribution in [3.05, 3.63) is 0 Å². The Bertz CT molecular complexity index is 154. The molecule has 12 heavy (non-hydrogen) atoms. The highest BCUT2D eigenvalue weighted by Crippen LogP contribution is 2.39. The first-order valence-electron chi connectivity index (χ1n) is 4.79. The second-order valence-corrected chi connectivity index (χ2v) is 5.54. The minimum absolute atomic E-state index is 0.162. The highest BCUT2D eigenvalue weighted by molar-refractivity contribution is 6.23. The maximum absolute atomic E-state index is 9.79. The molecule has 0 aromatic carbocycles. The molecule has 0 spiro atoms. The van der Waals surface area contributed by atoms with Gasteiger partial charge in [0, 0.05) is 4.87 Å². The van der Waals surface area contributed by atoms with E-state index >= 15 is 0 Å². The molecule has 0 unspecified atom stereocenters. The third-order valence-electron chi connectivity index (χ3n) is 2.98. The van der Waals surface area contributed by atoms with Gasteiger partial charge in [-0.25, -0.2) is 0 Å². The van der Waals surface area contributed by atoms with Gasteiger partial charge < -0.3 is 5.11 Å². The second kappa shape index (κ2) is 3.55. The van der Waals surface area contributed by atoms with Gasteiger partial charge in [0.05, 0.1) is 6.10 Å². The molecular weight excluding hydrogens is 172 g/mol. The third kappa shape index (κ3) is 2.37. The molecular formula is C10H19ClO. The molecule has 0 aromatic heterocycles. The zero-order valence-corrected chi connectivity index (χ0v) is 8.93. The maximum atomic E-state index is 9.79. The first kappa shape index (κ1) is 10.3. The van der Waals surface area contributed by atoms with Crippen LogP contribution >= 0.6 is 11.6 Å². The molecule has 1 saturated carbocycles. The van der Waals surface area contributed by atoms with Crippen molar-refractivity contribution in [3.63, 3.8) is 0 Å². The predicted octanol–water partition coefficient (Wildman–Crippen LogP) is 2.80. The number of hydrogen-bond donors (Lipinski definition) is 1. The number of halogens is 1. The van der Waals surface area contributed by atoms with Crippen molar-refractivity contribution in [2.75, 3.05) is 0 Å². The Labute approximate surface area is 80.1 Å². The molecule has 1 rings (SSSR count). The van der Waals surface area contributed by atoms with Gasteiger partial charge in [-0.05, 0) is 38.0 Å². The van der Waals surface area contributed by atoms with Crippen molar-refractivity contribution in [2.24, 2.45) is 11.8 Å². The van der Waals surface area contributed by atoms with Gasteiger partial charge in [0.1, 0.15) is 0 Å². The molecule has 0 aliphatic heterocycles. The lowest BCUT2D eigenvalue weighted by atomic mass is 9.75. The van der Waals surface area contributed by atoms with Crippen LogP contribution in [-0.2, 0) is 0 Å². The van der Waals surface area contributed by atoms with Crippen LogP contribution in [0.1, 0.15) is 40.0 Å². The SMILES string of the molecule is CC(C)[C@@H]1CC[C@](C)(Cl)C[C@H]1O. The smallest absolute Gasteiger partial charge is 0.0587 e. The van der Waals surface area contributed by atoms with Crippen molar-refractivity contribution >= 4 is 11.6 Å². The van der Waals surface area contributed by atoms with E-state index in [0.29, 0.717) is 11.8 Å². The normalized spacial score (nSPS) is 43.5. The quantitative estimate of drug-likeness (QED) is 0.631. The summed E-state index contributed by atoms with van der Waals surface area (Å²) >= 11 is 6.18. The van der Waals surface area contributed by atoms with E-state index in [1.165, 1.54) is 0 Å². The summed E-state index contributed by atoms with van der Waals surface area (Å²) in [5, 5.41) is 9.79. The van der Waals surface area contributed by atoms with Gasteiger partial charge in [0.2, 0.25) is 0 Å². The van der Waals surface area contributed by atoms with Gasteiger partial charge in [-0.3, -0.25) is 0 Å². The third-order valence-corrected chi connectivity index (χ3v) is 3.33. The van der Waals surface area contributed by atoms with Crippen LogP contribution in [0, 0.1) is 11.8 Å². The van der Waals surface area contributed by atoms with Crippen molar-refractivity contribution in [2.45, 2.75) is 51.0 Å². The fourth-order valence-electron chi connectivity index (χ4n) is 2.13. The standard InChI is InChI=1S/C10H19ClO/c1-7(2)8-4-5-10(3,11)6-9(8)12/h7-9,12H,4-6H2,1-3H3/t8-,9+,10-/m0/s1. The number of aliphatic hydroxyl groups is 1. The van der Waals surface area contributed by atoms with Gasteiger partial charge >= 0.3 is 0 Å². The molecule has 1 aliphatic carbocycles. The van der Waals surface area contributed by atoms with Crippen LogP contribution in [-0.4, -0.2) is 16.1 Å². The average Bonchev–Trinajstić information content (AvgIpc) is 1.83. The Hall–Kier alpha value is 0.250. The van der Waals surface area contributed by atoms with E-state index in [0.717, 1.165) is 19.3 Å². The van der Waals surface area contributed by atoms with E-state index in [-0.39, 0.29) is 11.0 Å². The van der Waals surface area contributed by atoms with Gasteiger partial charge in [-0.1, -0.05) is 13.8 Å². The summed E-state index contributed by atoms with van der Waals surface area (Å²) in [4.78, 5) is -0.162. The van der Waals surface area contributed by atoms with Crippen LogP contribution in [0.2, 0.25) is 0 Å². The number of hydrogen-bond acceptors (Lipinski definition) is 1.